The van der Waals surface area contributed by atoms with Gasteiger partial charge in [0.05, 0.1) is 12.2 Å². The maximum atomic E-state index is 12.8. The van der Waals surface area contributed by atoms with Crippen molar-refractivity contribution in [3.05, 3.63) is 47.8 Å². The number of carbonyl (C=O) groups excluding carboxylic acids is 2. The zero-order valence-electron chi connectivity index (χ0n) is 14.8. The van der Waals surface area contributed by atoms with Crippen LogP contribution in [0.15, 0.2) is 36.7 Å². The average Bonchev–Trinajstić information content (AvgIpc) is 3.33. The first-order chi connectivity index (χ1) is 13.1. The quantitative estimate of drug-likeness (QED) is 0.513. The van der Waals surface area contributed by atoms with Crippen LogP contribution in [0.3, 0.4) is 0 Å². The van der Waals surface area contributed by atoms with Crippen LogP contribution in [0.1, 0.15) is 46.4 Å². The number of aromatic nitrogens is 3. The lowest BCUT2D eigenvalue weighted by atomic mass is 10.0. The fourth-order valence-electron chi connectivity index (χ4n) is 3.54. The molecule has 0 spiro atoms. The highest BCUT2D eigenvalue weighted by Gasteiger charge is 2.27. The molecule has 2 heterocycles. The second-order valence-electron chi connectivity index (χ2n) is 6.80. The summed E-state index contributed by atoms with van der Waals surface area (Å²) in [6.07, 6.45) is 6.07. The minimum absolute atomic E-state index is 0.0620. The number of hydrogen-bond donors (Lipinski definition) is 2. The highest BCUT2D eigenvalue weighted by atomic mass is 16.5. The number of aromatic amines is 1. The molecule has 0 amide bonds. The van der Waals surface area contributed by atoms with Crippen LogP contribution in [-0.2, 0) is 0 Å². The number of H-pyrrole nitrogens is 1. The highest BCUT2D eigenvalue weighted by molar-refractivity contribution is 6.51. The van der Waals surface area contributed by atoms with E-state index in [1.165, 1.54) is 19.2 Å². The third kappa shape index (κ3) is 3.28. The number of Topliss-reactive ketones (excluding diaryl/α,β-unsaturated/α-hetero) is 2. The number of nitrogens with one attached hydrogen (secondary N) is 1. The summed E-state index contributed by atoms with van der Waals surface area (Å²) in [6.45, 7) is 0.567. The topological polar surface area (TPSA) is 111 Å². The van der Waals surface area contributed by atoms with E-state index in [-0.39, 0.29) is 11.4 Å². The summed E-state index contributed by atoms with van der Waals surface area (Å²) in [4.78, 5) is 36.5. The van der Waals surface area contributed by atoms with Crippen LogP contribution in [0.5, 0.6) is 5.88 Å². The molecule has 0 aliphatic heterocycles. The number of rotatable bonds is 6. The van der Waals surface area contributed by atoms with Crippen molar-refractivity contribution in [2.45, 2.75) is 25.7 Å². The molecule has 2 aromatic heterocycles. The van der Waals surface area contributed by atoms with E-state index >= 15 is 0 Å². The zero-order chi connectivity index (χ0) is 18.8. The molecule has 0 saturated heterocycles. The number of nitrogen functional groups attached to an aromatic ring is 1. The Kier molecular flexibility index (Phi) is 4.58. The van der Waals surface area contributed by atoms with Crippen molar-refractivity contribution in [1.82, 2.24) is 15.0 Å². The number of nitrogens with zero attached hydrogens (tertiary/aromatic N) is 2. The van der Waals surface area contributed by atoms with Crippen LogP contribution in [-0.4, -0.2) is 33.1 Å². The largest absolute Gasteiger partial charge is 0.476 e. The zero-order valence-corrected chi connectivity index (χ0v) is 14.8. The molecule has 3 N–H and O–H groups in total. The summed E-state index contributed by atoms with van der Waals surface area (Å²) < 4.78 is 5.86. The molecule has 1 aromatic carbocycles. The molecule has 4 rings (SSSR count). The molecular formula is C20H20N4O3. The van der Waals surface area contributed by atoms with Gasteiger partial charge in [0, 0.05) is 5.56 Å². The summed E-state index contributed by atoms with van der Waals surface area (Å²) >= 11 is 0. The Morgan fingerprint density at radius 1 is 1.11 bits per heavy atom. The minimum atomic E-state index is -0.703. The van der Waals surface area contributed by atoms with E-state index < -0.39 is 11.6 Å². The Morgan fingerprint density at radius 3 is 2.59 bits per heavy atom. The molecule has 0 atom stereocenters. The number of ketones is 2. The Hall–Kier alpha value is -3.22. The molecule has 1 saturated carbocycles. The third-order valence-corrected chi connectivity index (χ3v) is 4.98. The van der Waals surface area contributed by atoms with Crippen LogP contribution in [0.25, 0.3) is 11.0 Å². The van der Waals surface area contributed by atoms with Gasteiger partial charge in [-0.2, -0.15) is 4.98 Å². The van der Waals surface area contributed by atoms with E-state index in [0.29, 0.717) is 35.0 Å². The SMILES string of the molecule is Nc1[nH]c2c(OCC3CCCC3)ncnc2c1C(=O)C(=O)c1ccccc1. The lowest BCUT2D eigenvalue weighted by molar-refractivity contribution is 0.0818. The lowest BCUT2D eigenvalue weighted by Gasteiger charge is -2.10. The molecule has 138 valence electrons. The fourth-order valence-corrected chi connectivity index (χ4v) is 3.54. The van der Waals surface area contributed by atoms with Gasteiger partial charge in [-0.25, -0.2) is 4.98 Å². The van der Waals surface area contributed by atoms with E-state index in [9.17, 15) is 9.59 Å². The molecule has 7 heteroatoms. The summed E-state index contributed by atoms with van der Waals surface area (Å²) in [7, 11) is 0. The number of carbonyl (C=O) groups is 2. The summed E-state index contributed by atoms with van der Waals surface area (Å²) in [5, 5.41) is 0. The Morgan fingerprint density at radius 2 is 1.85 bits per heavy atom. The van der Waals surface area contributed by atoms with E-state index in [1.807, 2.05) is 0 Å². The van der Waals surface area contributed by atoms with Gasteiger partial charge in [-0.15, -0.1) is 0 Å². The third-order valence-electron chi connectivity index (χ3n) is 4.98. The molecule has 7 nitrogen and oxygen atoms in total. The summed E-state index contributed by atoms with van der Waals surface area (Å²) in [5.74, 6) is -0.376. The first-order valence-corrected chi connectivity index (χ1v) is 9.04. The molecular weight excluding hydrogens is 344 g/mol. The second-order valence-corrected chi connectivity index (χ2v) is 6.80. The van der Waals surface area contributed by atoms with Gasteiger partial charge in [-0.1, -0.05) is 43.2 Å². The van der Waals surface area contributed by atoms with Gasteiger partial charge in [-0.3, -0.25) is 9.59 Å². The predicted molar refractivity (Wildman–Crippen MR) is 101 cm³/mol. The minimum Gasteiger partial charge on any atom is -0.476 e. The highest BCUT2D eigenvalue weighted by Crippen LogP contribution is 2.30. The van der Waals surface area contributed by atoms with Crippen LogP contribution >= 0.6 is 0 Å². The molecule has 3 aromatic rings. The smallest absolute Gasteiger partial charge is 0.241 e. The van der Waals surface area contributed by atoms with Gasteiger partial charge in [0.1, 0.15) is 23.2 Å². The van der Waals surface area contributed by atoms with Crippen molar-refractivity contribution < 1.29 is 14.3 Å². The number of anilines is 1. The number of benzene rings is 1. The second kappa shape index (κ2) is 7.19. The molecule has 1 aliphatic carbocycles. The maximum Gasteiger partial charge on any atom is 0.241 e. The van der Waals surface area contributed by atoms with E-state index in [0.717, 1.165) is 12.8 Å². The fraction of sp³-hybridized carbons (Fsp3) is 0.300. The Bertz CT molecular complexity index is 991. The molecule has 0 bridgehead atoms. The van der Waals surface area contributed by atoms with Gasteiger partial charge in [0.25, 0.3) is 0 Å². The van der Waals surface area contributed by atoms with Gasteiger partial charge in [0.15, 0.2) is 0 Å². The number of fused-ring (bicyclic) bond motifs is 1. The van der Waals surface area contributed by atoms with Crippen LogP contribution in [0.2, 0.25) is 0 Å². The van der Waals surface area contributed by atoms with Crippen molar-refractivity contribution in [3.63, 3.8) is 0 Å². The van der Waals surface area contributed by atoms with Gasteiger partial charge in [0.2, 0.25) is 17.4 Å². The van der Waals surface area contributed by atoms with Crippen LogP contribution < -0.4 is 10.5 Å². The molecule has 0 unspecified atom stereocenters. The first kappa shape index (κ1) is 17.2. The van der Waals surface area contributed by atoms with Crippen LogP contribution in [0.4, 0.5) is 5.82 Å². The molecule has 1 fully saturated rings. The summed E-state index contributed by atoms with van der Waals surface area (Å²) in [5.41, 5.74) is 7.12. The first-order valence-electron chi connectivity index (χ1n) is 9.04. The predicted octanol–water partition coefficient (Wildman–Crippen LogP) is 3.17. The molecule has 0 radical (unpaired) electrons. The Balaban J connectivity index is 1.65. The van der Waals surface area contributed by atoms with Gasteiger partial charge in [-0.05, 0) is 18.8 Å². The normalized spacial score (nSPS) is 14.5. The molecule has 27 heavy (non-hydrogen) atoms. The van der Waals surface area contributed by atoms with Crippen molar-refractivity contribution in [2.24, 2.45) is 5.92 Å². The number of ether oxygens (including phenoxy) is 1. The van der Waals surface area contributed by atoms with Crippen molar-refractivity contribution in [1.29, 1.82) is 0 Å². The van der Waals surface area contributed by atoms with E-state index in [4.69, 9.17) is 10.5 Å². The van der Waals surface area contributed by atoms with Crippen molar-refractivity contribution in [2.75, 3.05) is 12.3 Å². The van der Waals surface area contributed by atoms with E-state index in [1.54, 1.807) is 30.3 Å². The molecule has 1 aliphatic rings. The maximum absolute atomic E-state index is 12.8. The standard InChI is InChI=1S/C20H20N4O3/c21-19-14(18(26)17(25)13-8-2-1-3-9-13)15-16(24-19)20(23-11-22-15)27-10-12-6-4-5-7-12/h1-3,8-9,11-12,24H,4-7,10,21H2. The number of nitrogens with two attached hydrogens (primary N) is 1. The van der Waals surface area contributed by atoms with E-state index in [2.05, 4.69) is 15.0 Å². The van der Waals surface area contributed by atoms with Crippen LogP contribution in [0, 0.1) is 5.92 Å². The average molecular weight is 364 g/mol. The van der Waals surface area contributed by atoms with Crippen molar-refractivity contribution >= 4 is 28.4 Å². The van der Waals surface area contributed by atoms with Gasteiger partial charge < -0.3 is 15.5 Å². The summed E-state index contributed by atoms with van der Waals surface area (Å²) in [6, 6.07) is 8.38. The monoisotopic (exact) mass is 364 g/mol. The Labute approximate surface area is 156 Å². The van der Waals surface area contributed by atoms with Crippen molar-refractivity contribution in [3.8, 4) is 5.88 Å². The lowest BCUT2D eigenvalue weighted by Crippen LogP contribution is -2.15. The number of hydrogen-bond acceptors (Lipinski definition) is 6. The van der Waals surface area contributed by atoms with Gasteiger partial charge >= 0.3 is 0 Å².